The number of hydrogen-bond acceptors (Lipinski definition) is 3. The summed E-state index contributed by atoms with van der Waals surface area (Å²) in [5.41, 5.74) is 1.21. The van der Waals surface area contributed by atoms with Gasteiger partial charge in [-0.3, -0.25) is 4.90 Å². The van der Waals surface area contributed by atoms with Gasteiger partial charge in [0.2, 0.25) is 0 Å². The predicted octanol–water partition coefficient (Wildman–Crippen LogP) is 4.13. The number of ether oxygens (including phenoxy) is 1. The van der Waals surface area contributed by atoms with Crippen molar-refractivity contribution in [2.45, 2.75) is 38.1 Å². The molecule has 0 aromatic heterocycles. The summed E-state index contributed by atoms with van der Waals surface area (Å²) in [4.78, 5) is 2.06. The summed E-state index contributed by atoms with van der Waals surface area (Å²) in [5.74, 6) is -0.201. The van der Waals surface area contributed by atoms with Crippen LogP contribution in [0.15, 0.2) is 48.5 Å². The van der Waals surface area contributed by atoms with E-state index in [-0.39, 0.29) is 11.6 Å². The molecule has 0 heterocycles. The summed E-state index contributed by atoms with van der Waals surface area (Å²) in [7, 11) is 0. The zero-order valence-corrected chi connectivity index (χ0v) is 13.6. The normalized spacial score (nSPS) is 15.6. The second kappa shape index (κ2) is 7.89. The Morgan fingerprint density at radius 1 is 1.08 bits per heavy atom. The first kappa shape index (κ1) is 17.8. The molecule has 1 aliphatic carbocycles. The second-order valence-electron chi connectivity index (χ2n) is 6.22. The number of nitrogens with zero attached hydrogens (tertiary/aromatic N) is 1. The lowest BCUT2D eigenvalue weighted by molar-refractivity contribution is -0.0498. The fourth-order valence-corrected chi connectivity index (χ4v) is 2.83. The Morgan fingerprint density at radius 3 is 2.36 bits per heavy atom. The third-order valence-electron chi connectivity index (χ3n) is 4.29. The summed E-state index contributed by atoms with van der Waals surface area (Å²) >= 11 is 0. The minimum absolute atomic E-state index is 0.0522. The van der Waals surface area contributed by atoms with Crippen LogP contribution in [-0.2, 0) is 6.54 Å². The molecule has 1 atom stereocenters. The summed E-state index contributed by atoms with van der Waals surface area (Å²) in [6, 6.07) is 12.9. The van der Waals surface area contributed by atoms with Crippen molar-refractivity contribution in [1.82, 2.24) is 4.90 Å². The number of halogens is 3. The molecule has 0 aliphatic heterocycles. The molecule has 1 fully saturated rings. The van der Waals surface area contributed by atoms with E-state index >= 15 is 0 Å². The largest absolute Gasteiger partial charge is 0.435 e. The summed E-state index contributed by atoms with van der Waals surface area (Å²) in [6.07, 6.45) is 1.28. The SMILES string of the molecule is OC(CN(Cc1ccccc1F)C1CC1)c1ccc(OC(F)F)cc1. The summed E-state index contributed by atoms with van der Waals surface area (Å²) < 4.78 is 42.5. The molecular formula is C19H20F3NO2. The smallest absolute Gasteiger partial charge is 0.387 e. The van der Waals surface area contributed by atoms with Crippen molar-refractivity contribution in [3.05, 3.63) is 65.5 Å². The van der Waals surface area contributed by atoms with Gasteiger partial charge in [-0.15, -0.1) is 0 Å². The number of aliphatic hydroxyl groups excluding tert-OH is 1. The highest BCUT2D eigenvalue weighted by Crippen LogP contribution is 2.31. The van der Waals surface area contributed by atoms with Crippen molar-refractivity contribution in [3.8, 4) is 5.75 Å². The first-order chi connectivity index (χ1) is 12.0. The highest BCUT2D eigenvalue weighted by molar-refractivity contribution is 5.29. The topological polar surface area (TPSA) is 32.7 Å². The monoisotopic (exact) mass is 351 g/mol. The third kappa shape index (κ3) is 4.96. The minimum atomic E-state index is -2.87. The van der Waals surface area contributed by atoms with Crippen LogP contribution in [0, 0.1) is 5.82 Å². The molecule has 1 saturated carbocycles. The van der Waals surface area contributed by atoms with Gasteiger partial charge in [0.15, 0.2) is 0 Å². The van der Waals surface area contributed by atoms with Crippen molar-refractivity contribution in [2.75, 3.05) is 6.54 Å². The maximum Gasteiger partial charge on any atom is 0.387 e. The second-order valence-corrected chi connectivity index (χ2v) is 6.22. The van der Waals surface area contributed by atoms with Crippen LogP contribution in [0.3, 0.4) is 0 Å². The van der Waals surface area contributed by atoms with E-state index in [0.29, 0.717) is 30.3 Å². The van der Waals surface area contributed by atoms with Crippen molar-refractivity contribution in [2.24, 2.45) is 0 Å². The van der Waals surface area contributed by atoms with Gasteiger partial charge in [0.1, 0.15) is 11.6 Å². The Kier molecular flexibility index (Phi) is 5.60. The molecular weight excluding hydrogens is 331 g/mol. The van der Waals surface area contributed by atoms with E-state index in [2.05, 4.69) is 9.64 Å². The van der Waals surface area contributed by atoms with Crippen LogP contribution < -0.4 is 4.74 Å². The maximum absolute atomic E-state index is 13.9. The number of benzene rings is 2. The van der Waals surface area contributed by atoms with Gasteiger partial charge < -0.3 is 9.84 Å². The minimum Gasteiger partial charge on any atom is -0.435 e. The van der Waals surface area contributed by atoms with E-state index in [9.17, 15) is 18.3 Å². The van der Waals surface area contributed by atoms with Gasteiger partial charge >= 0.3 is 6.61 Å². The number of aliphatic hydroxyl groups is 1. The van der Waals surface area contributed by atoms with E-state index in [1.165, 1.54) is 18.2 Å². The molecule has 0 bridgehead atoms. The molecule has 1 aliphatic rings. The molecule has 2 aromatic rings. The highest BCUT2D eigenvalue weighted by Gasteiger charge is 2.31. The van der Waals surface area contributed by atoms with Crippen LogP contribution in [0.5, 0.6) is 5.75 Å². The fourth-order valence-electron chi connectivity index (χ4n) is 2.83. The number of rotatable bonds is 8. The molecule has 1 N–H and O–H groups in total. The molecule has 0 radical (unpaired) electrons. The molecule has 3 rings (SSSR count). The zero-order valence-electron chi connectivity index (χ0n) is 13.6. The van der Waals surface area contributed by atoms with Crippen LogP contribution in [0.1, 0.15) is 30.1 Å². The standard InChI is InChI=1S/C19H20F3NO2/c20-17-4-2-1-3-14(17)11-23(15-7-8-15)12-18(24)13-5-9-16(10-6-13)25-19(21)22/h1-6,9-10,15,18-19,24H,7-8,11-12H2. The lowest BCUT2D eigenvalue weighted by Crippen LogP contribution is -2.30. The Bertz CT molecular complexity index is 689. The Morgan fingerprint density at radius 2 is 1.76 bits per heavy atom. The van der Waals surface area contributed by atoms with E-state index in [4.69, 9.17) is 0 Å². The summed E-state index contributed by atoms with van der Waals surface area (Å²) in [5, 5.41) is 10.5. The van der Waals surface area contributed by atoms with Crippen LogP contribution >= 0.6 is 0 Å². The quantitative estimate of drug-likeness (QED) is 0.776. The van der Waals surface area contributed by atoms with Gasteiger partial charge in [-0.2, -0.15) is 8.78 Å². The van der Waals surface area contributed by atoms with E-state index in [1.54, 1.807) is 30.3 Å². The number of alkyl halides is 2. The molecule has 0 spiro atoms. The van der Waals surface area contributed by atoms with Crippen LogP contribution in [-0.4, -0.2) is 29.2 Å². The molecule has 6 heteroatoms. The van der Waals surface area contributed by atoms with Crippen LogP contribution in [0.25, 0.3) is 0 Å². The van der Waals surface area contributed by atoms with Gasteiger partial charge in [-0.1, -0.05) is 30.3 Å². The van der Waals surface area contributed by atoms with Gasteiger partial charge in [-0.25, -0.2) is 4.39 Å². The van der Waals surface area contributed by atoms with Crippen LogP contribution in [0.2, 0.25) is 0 Å². The highest BCUT2D eigenvalue weighted by atomic mass is 19.3. The molecule has 134 valence electrons. The van der Waals surface area contributed by atoms with Crippen molar-refractivity contribution in [3.63, 3.8) is 0 Å². The average Bonchev–Trinajstić information content (AvgIpc) is 3.41. The first-order valence-electron chi connectivity index (χ1n) is 8.23. The zero-order chi connectivity index (χ0) is 17.8. The lowest BCUT2D eigenvalue weighted by atomic mass is 10.1. The van der Waals surface area contributed by atoms with Gasteiger partial charge in [-0.05, 0) is 36.6 Å². The van der Waals surface area contributed by atoms with E-state index < -0.39 is 12.7 Å². The van der Waals surface area contributed by atoms with Crippen LogP contribution in [0.4, 0.5) is 13.2 Å². The van der Waals surface area contributed by atoms with Gasteiger partial charge in [0, 0.05) is 24.7 Å². The maximum atomic E-state index is 13.9. The predicted molar refractivity (Wildman–Crippen MR) is 87.9 cm³/mol. The molecule has 3 nitrogen and oxygen atoms in total. The number of hydrogen-bond donors (Lipinski definition) is 1. The lowest BCUT2D eigenvalue weighted by Gasteiger charge is -2.25. The fraction of sp³-hybridized carbons (Fsp3) is 0.368. The van der Waals surface area contributed by atoms with Gasteiger partial charge in [0.05, 0.1) is 6.10 Å². The third-order valence-corrected chi connectivity index (χ3v) is 4.29. The molecule has 1 unspecified atom stereocenters. The van der Waals surface area contributed by atoms with Crippen molar-refractivity contribution >= 4 is 0 Å². The van der Waals surface area contributed by atoms with Gasteiger partial charge in [0.25, 0.3) is 0 Å². The molecule has 0 saturated heterocycles. The summed E-state index contributed by atoms with van der Waals surface area (Å²) in [6.45, 7) is -2.09. The Balaban J connectivity index is 1.64. The van der Waals surface area contributed by atoms with E-state index in [1.807, 2.05) is 0 Å². The average molecular weight is 351 g/mol. The van der Waals surface area contributed by atoms with E-state index in [0.717, 1.165) is 12.8 Å². The Hall–Kier alpha value is -2.05. The molecule has 0 amide bonds. The molecule has 25 heavy (non-hydrogen) atoms. The molecule has 2 aromatic carbocycles. The van der Waals surface area contributed by atoms with Crippen molar-refractivity contribution < 1.29 is 23.0 Å². The van der Waals surface area contributed by atoms with Crippen molar-refractivity contribution in [1.29, 1.82) is 0 Å². The Labute approximate surface area is 144 Å². The first-order valence-corrected chi connectivity index (χ1v) is 8.23.